The van der Waals surface area contributed by atoms with Crippen LogP contribution in [0.1, 0.15) is 43.5 Å². The van der Waals surface area contributed by atoms with Crippen LogP contribution in [0.25, 0.3) is 4.85 Å². The van der Waals surface area contributed by atoms with Gasteiger partial charge in [0.05, 0.1) is 12.3 Å². The molecule has 3 aliphatic heterocycles. The first-order chi connectivity index (χ1) is 19.3. The molecule has 1 aromatic heterocycles. The Balaban J connectivity index is 1.02. The van der Waals surface area contributed by atoms with Crippen LogP contribution in [-0.2, 0) is 12.0 Å². The highest BCUT2D eigenvalue weighted by Crippen LogP contribution is 2.42. The van der Waals surface area contributed by atoms with E-state index in [1.165, 1.54) is 45.6 Å². The Labute approximate surface area is 242 Å². The molecule has 4 heterocycles. The molecule has 6 rings (SSSR count). The fraction of sp³-hybridized carbons (Fsp3) is 0.469. The van der Waals surface area contributed by atoms with E-state index < -0.39 is 0 Å². The molecule has 3 aliphatic rings. The van der Waals surface area contributed by atoms with Crippen LogP contribution in [0.4, 0.5) is 11.6 Å². The van der Waals surface area contributed by atoms with Gasteiger partial charge < -0.3 is 19.9 Å². The molecule has 0 amide bonds. The fourth-order valence-corrected chi connectivity index (χ4v) is 6.41. The monoisotopic (exact) mass is 556 g/mol. The minimum Gasteiger partial charge on any atom is -0.487 e. The predicted molar refractivity (Wildman–Crippen MR) is 159 cm³/mol. The van der Waals surface area contributed by atoms with Gasteiger partial charge in [-0.05, 0) is 73.3 Å². The van der Waals surface area contributed by atoms with Crippen LogP contribution in [0.3, 0.4) is 0 Å². The van der Waals surface area contributed by atoms with E-state index in [2.05, 4.69) is 50.9 Å². The standard InChI is InChI=1S/C32H37ClN6O/c1-31(2,25-14-26(33)16-28(15-25)34-3)24-4-6-29(7-5-24)40-20-27-8-11-36-30(37-27)39-21-32(22-39)9-12-38(13-10-32)19-23-17-35-18-23/h4-8,11,14-16,23,35H,9-10,12-13,17-22H2,1-2H3. The van der Waals surface area contributed by atoms with Gasteiger partial charge in [0.1, 0.15) is 12.4 Å². The first kappa shape index (κ1) is 27.0. The smallest absolute Gasteiger partial charge is 0.225 e. The van der Waals surface area contributed by atoms with Gasteiger partial charge in [0.15, 0.2) is 5.69 Å². The Bertz CT molecular complexity index is 1380. The summed E-state index contributed by atoms with van der Waals surface area (Å²) in [7, 11) is 0. The highest BCUT2D eigenvalue weighted by atomic mass is 35.5. The maximum atomic E-state index is 7.36. The number of ether oxygens (including phenoxy) is 1. The van der Waals surface area contributed by atoms with E-state index in [1.807, 2.05) is 36.5 Å². The lowest BCUT2D eigenvalue weighted by Crippen LogP contribution is -2.61. The molecule has 1 spiro atoms. The van der Waals surface area contributed by atoms with E-state index in [-0.39, 0.29) is 5.41 Å². The van der Waals surface area contributed by atoms with E-state index in [0.29, 0.717) is 22.7 Å². The molecule has 0 atom stereocenters. The Morgan fingerprint density at radius 1 is 1.07 bits per heavy atom. The van der Waals surface area contributed by atoms with Gasteiger partial charge in [0, 0.05) is 54.8 Å². The van der Waals surface area contributed by atoms with Crippen molar-refractivity contribution in [3.63, 3.8) is 0 Å². The van der Waals surface area contributed by atoms with Crippen LogP contribution in [-0.4, -0.2) is 60.7 Å². The molecule has 3 saturated heterocycles. The van der Waals surface area contributed by atoms with Gasteiger partial charge in [-0.3, -0.25) is 0 Å². The average molecular weight is 557 g/mol. The summed E-state index contributed by atoms with van der Waals surface area (Å²) in [5.41, 5.74) is 3.70. The minimum atomic E-state index is -0.302. The van der Waals surface area contributed by atoms with Crippen molar-refractivity contribution in [2.45, 2.75) is 38.7 Å². The van der Waals surface area contributed by atoms with E-state index in [1.54, 1.807) is 6.07 Å². The molecule has 8 heteroatoms. The van der Waals surface area contributed by atoms with Gasteiger partial charge in [0.2, 0.25) is 5.95 Å². The van der Waals surface area contributed by atoms with Crippen molar-refractivity contribution < 1.29 is 4.74 Å². The van der Waals surface area contributed by atoms with Crippen LogP contribution in [0.15, 0.2) is 54.7 Å². The maximum Gasteiger partial charge on any atom is 0.225 e. The second-order valence-corrected chi connectivity index (χ2v) is 12.7. The van der Waals surface area contributed by atoms with Gasteiger partial charge in [0.25, 0.3) is 0 Å². The van der Waals surface area contributed by atoms with Crippen LogP contribution < -0.4 is 15.0 Å². The number of nitrogens with zero attached hydrogens (tertiary/aromatic N) is 5. The van der Waals surface area contributed by atoms with Gasteiger partial charge in [-0.15, -0.1) is 0 Å². The molecular weight excluding hydrogens is 520 g/mol. The van der Waals surface area contributed by atoms with Crippen LogP contribution in [0, 0.1) is 17.9 Å². The van der Waals surface area contributed by atoms with Crippen molar-refractivity contribution >= 4 is 23.2 Å². The molecule has 3 fully saturated rings. The molecule has 2 aromatic carbocycles. The second kappa shape index (κ2) is 11.0. The lowest BCUT2D eigenvalue weighted by Gasteiger charge is -2.54. The van der Waals surface area contributed by atoms with E-state index in [4.69, 9.17) is 27.9 Å². The highest BCUT2D eigenvalue weighted by molar-refractivity contribution is 6.31. The Kier molecular flexibility index (Phi) is 7.43. The summed E-state index contributed by atoms with van der Waals surface area (Å²) in [5, 5.41) is 3.97. The number of halogens is 1. The third kappa shape index (κ3) is 5.67. The van der Waals surface area contributed by atoms with Crippen molar-refractivity contribution in [2.24, 2.45) is 11.3 Å². The van der Waals surface area contributed by atoms with Crippen LogP contribution >= 0.6 is 11.6 Å². The lowest BCUT2D eigenvalue weighted by atomic mass is 9.72. The molecule has 1 N–H and O–H groups in total. The molecule has 0 unspecified atom stereocenters. The highest BCUT2D eigenvalue weighted by Gasteiger charge is 2.46. The predicted octanol–water partition coefficient (Wildman–Crippen LogP) is 5.71. The average Bonchev–Trinajstić information content (AvgIpc) is 2.93. The Hall–Kier alpha value is -3.18. The zero-order valence-corrected chi connectivity index (χ0v) is 24.1. The molecule has 7 nitrogen and oxygen atoms in total. The number of benzene rings is 2. The number of hydrogen-bond donors (Lipinski definition) is 1. The fourth-order valence-electron chi connectivity index (χ4n) is 6.18. The normalized spacial score (nSPS) is 19.1. The van der Waals surface area contributed by atoms with Gasteiger partial charge in [-0.1, -0.05) is 43.6 Å². The van der Waals surface area contributed by atoms with Gasteiger partial charge in [-0.2, -0.15) is 0 Å². The number of aromatic nitrogens is 2. The topological polar surface area (TPSA) is 57.9 Å². The quantitative estimate of drug-likeness (QED) is 0.359. The maximum absolute atomic E-state index is 7.36. The zero-order valence-electron chi connectivity index (χ0n) is 23.4. The number of hydrogen-bond acceptors (Lipinski definition) is 6. The number of likely N-dealkylation sites (tertiary alicyclic amines) is 1. The second-order valence-electron chi connectivity index (χ2n) is 12.3. The number of rotatable bonds is 8. The summed E-state index contributed by atoms with van der Waals surface area (Å²) < 4.78 is 6.09. The SMILES string of the molecule is [C-]#[N+]c1cc(Cl)cc(C(C)(C)c2ccc(OCc3ccnc(N4CC5(CCN(CC6CNC6)CC5)C4)n3)cc2)c1. The summed E-state index contributed by atoms with van der Waals surface area (Å²) in [5.74, 6) is 2.45. The molecule has 0 saturated carbocycles. The van der Waals surface area contributed by atoms with Crippen molar-refractivity contribution in [3.8, 4) is 5.75 Å². The summed E-state index contributed by atoms with van der Waals surface area (Å²) in [4.78, 5) is 17.9. The lowest BCUT2D eigenvalue weighted by molar-refractivity contribution is 0.0607. The summed E-state index contributed by atoms with van der Waals surface area (Å²) in [6, 6.07) is 15.6. The van der Waals surface area contributed by atoms with Gasteiger partial charge >= 0.3 is 0 Å². The Morgan fingerprint density at radius 2 is 1.82 bits per heavy atom. The number of piperidine rings is 1. The van der Waals surface area contributed by atoms with Gasteiger partial charge in [-0.25, -0.2) is 14.8 Å². The largest absolute Gasteiger partial charge is 0.487 e. The third-order valence-corrected chi connectivity index (χ3v) is 9.25. The molecule has 3 aromatic rings. The summed E-state index contributed by atoms with van der Waals surface area (Å²) >= 11 is 6.27. The number of anilines is 1. The zero-order chi connectivity index (χ0) is 27.7. The van der Waals surface area contributed by atoms with E-state index in [9.17, 15) is 0 Å². The molecule has 208 valence electrons. The van der Waals surface area contributed by atoms with Crippen molar-refractivity contribution in [2.75, 3.05) is 50.7 Å². The van der Waals surface area contributed by atoms with Crippen molar-refractivity contribution in [1.29, 1.82) is 0 Å². The van der Waals surface area contributed by atoms with E-state index >= 15 is 0 Å². The van der Waals surface area contributed by atoms with Crippen LogP contribution in [0.2, 0.25) is 5.02 Å². The molecular formula is C32H37ClN6O. The minimum absolute atomic E-state index is 0.302. The molecule has 40 heavy (non-hydrogen) atoms. The first-order valence-corrected chi connectivity index (χ1v) is 14.6. The van der Waals surface area contributed by atoms with E-state index in [0.717, 1.165) is 47.5 Å². The van der Waals surface area contributed by atoms with Crippen molar-refractivity contribution in [3.05, 3.63) is 88.0 Å². The Morgan fingerprint density at radius 3 is 2.50 bits per heavy atom. The van der Waals surface area contributed by atoms with Crippen molar-refractivity contribution in [1.82, 2.24) is 20.2 Å². The summed E-state index contributed by atoms with van der Waals surface area (Å²) in [6.07, 6.45) is 4.39. The number of nitrogens with one attached hydrogen (secondary N) is 1. The molecule has 0 aliphatic carbocycles. The molecule has 0 radical (unpaired) electrons. The molecule has 0 bridgehead atoms. The van der Waals surface area contributed by atoms with Crippen LogP contribution in [0.5, 0.6) is 5.75 Å². The third-order valence-electron chi connectivity index (χ3n) is 9.03. The first-order valence-electron chi connectivity index (χ1n) is 14.2. The summed E-state index contributed by atoms with van der Waals surface area (Å²) in [6.45, 7) is 20.2.